The Hall–Kier alpha value is -3.25. The fourth-order valence-electron chi connectivity index (χ4n) is 4.82. The minimum Gasteiger partial charge on any atom is -0.479 e. The van der Waals surface area contributed by atoms with Crippen LogP contribution in [0.4, 0.5) is 0 Å². The number of nitrogens with one attached hydrogen (secondary N) is 1. The summed E-state index contributed by atoms with van der Waals surface area (Å²) in [6, 6.07) is 18.2. The highest BCUT2D eigenvalue weighted by Gasteiger charge is 2.42. The standard InChI is InChI=1S/C35H49NO5/c1-3-4-5-8-14-19-31(37)20-15-9-6-7-10-16-21-32(35(2,41)34(39)40)33(38)36-27-26-28-22-24-30(25-23-28)29-17-12-11-13-18-29/h11-13,16-18,21-25,32,41H,3-10,14-15,19-20,26-27H2,1-2H3,(H,36,38)(H,39,40)/t32-,35+/m1/s1. The molecule has 6 nitrogen and oxygen atoms in total. The molecule has 0 radical (unpaired) electrons. The molecule has 224 valence electrons. The third-order valence-electron chi connectivity index (χ3n) is 7.56. The van der Waals surface area contributed by atoms with E-state index in [0.29, 0.717) is 38.0 Å². The van der Waals surface area contributed by atoms with Gasteiger partial charge in [0.15, 0.2) is 5.60 Å². The lowest BCUT2D eigenvalue weighted by Gasteiger charge is -2.25. The summed E-state index contributed by atoms with van der Waals surface area (Å²) in [5.74, 6) is -2.79. The molecule has 0 saturated carbocycles. The van der Waals surface area contributed by atoms with Crippen molar-refractivity contribution < 1.29 is 24.6 Å². The molecule has 2 aromatic rings. The fourth-order valence-corrected chi connectivity index (χ4v) is 4.82. The minimum atomic E-state index is -2.21. The fraction of sp³-hybridized carbons (Fsp3) is 0.514. The largest absolute Gasteiger partial charge is 0.479 e. The normalized spacial score (nSPS) is 13.5. The van der Waals surface area contributed by atoms with Crippen LogP contribution in [0.25, 0.3) is 11.1 Å². The van der Waals surface area contributed by atoms with E-state index in [0.717, 1.165) is 62.1 Å². The Morgan fingerprint density at radius 1 is 0.829 bits per heavy atom. The van der Waals surface area contributed by atoms with Crippen molar-refractivity contribution in [3.63, 3.8) is 0 Å². The average Bonchev–Trinajstić information content (AvgIpc) is 2.96. The predicted octanol–water partition coefficient (Wildman–Crippen LogP) is 7.29. The molecule has 0 fully saturated rings. The number of allylic oxidation sites excluding steroid dienone is 1. The van der Waals surface area contributed by atoms with Gasteiger partial charge in [-0.1, -0.05) is 112 Å². The Labute approximate surface area is 246 Å². The van der Waals surface area contributed by atoms with Crippen molar-refractivity contribution in [1.29, 1.82) is 0 Å². The molecular weight excluding hydrogens is 514 g/mol. The van der Waals surface area contributed by atoms with Gasteiger partial charge in [0.2, 0.25) is 5.91 Å². The number of amides is 1. The summed E-state index contributed by atoms with van der Waals surface area (Å²) in [5.41, 5.74) is 1.09. The highest BCUT2D eigenvalue weighted by atomic mass is 16.4. The first-order valence-corrected chi connectivity index (χ1v) is 15.3. The summed E-state index contributed by atoms with van der Waals surface area (Å²) in [6.07, 6.45) is 15.4. The van der Waals surface area contributed by atoms with E-state index in [9.17, 15) is 24.6 Å². The van der Waals surface area contributed by atoms with Gasteiger partial charge in [0, 0.05) is 19.4 Å². The number of aliphatic carboxylic acids is 1. The Kier molecular flexibility index (Phi) is 15.7. The monoisotopic (exact) mass is 563 g/mol. The molecule has 0 unspecified atom stereocenters. The van der Waals surface area contributed by atoms with Crippen LogP contribution < -0.4 is 5.32 Å². The van der Waals surface area contributed by atoms with Crippen LogP contribution in [-0.2, 0) is 20.8 Å². The molecule has 2 aromatic carbocycles. The third-order valence-corrected chi connectivity index (χ3v) is 7.56. The highest BCUT2D eigenvalue weighted by Crippen LogP contribution is 2.22. The van der Waals surface area contributed by atoms with Crippen LogP contribution >= 0.6 is 0 Å². The zero-order valence-corrected chi connectivity index (χ0v) is 24.9. The number of ketones is 1. The van der Waals surface area contributed by atoms with Gasteiger partial charge in [-0.05, 0) is 55.7 Å². The van der Waals surface area contributed by atoms with Gasteiger partial charge in [0.25, 0.3) is 0 Å². The van der Waals surface area contributed by atoms with E-state index < -0.39 is 23.4 Å². The van der Waals surface area contributed by atoms with Crippen molar-refractivity contribution in [1.82, 2.24) is 5.32 Å². The van der Waals surface area contributed by atoms with Crippen molar-refractivity contribution in [3.05, 3.63) is 72.3 Å². The molecule has 0 aliphatic carbocycles. The lowest BCUT2D eigenvalue weighted by molar-refractivity contribution is -0.163. The van der Waals surface area contributed by atoms with Gasteiger partial charge in [0.1, 0.15) is 5.78 Å². The molecule has 41 heavy (non-hydrogen) atoms. The molecule has 0 saturated heterocycles. The second-order valence-electron chi connectivity index (χ2n) is 11.1. The van der Waals surface area contributed by atoms with Crippen molar-refractivity contribution in [2.24, 2.45) is 5.92 Å². The van der Waals surface area contributed by atoms with Crippen LogP contribution in [0.15, 0.2) is 66.7 Å². The molecule has 6 heteroatoms. The minimum absolute atomic E-state index is 0.334. The van der Waals surface area contributed by atoms with E-state index in [2.05, 4.69) is 24.4 Å². The number of rotatable bonds is 21. The average molecular weight is 564 g/mol. The maximum atomic E-state index is 12.9. The zero-order valence-electron chi connectivity index (χ0n) is 24.9. The van der Waals surface area contributed by atoms with Crippen molar-refractivity contribution in [3.8, 4) is 11.1 Å². The quantitative estimate of drug-likeness (QED) is 0.109. The molecule has 1 amide bonds. The van der Waals surface area contributed by atoms with Crippen molar-refractivity contribution in [2.75, 3.05) is 6.54 Å². The van der Waals surface area contributed by atoms with Gasteiger partial charge in [-0.15, -0.1) is 0 Å². The zero-order chi connectivity index (χ0) is 29.9. The number of unbranched alkanes of at least 4 members (excludes halogenated alkanes) is 8. The molecule has 0 aromatic heterocycles. The molecule has 2 atom stereocenters. The lowest BCUT2D eigenvalue weighted by atomic mass is 9.87. The summed E-state index contributed by atoms with van der Waals surface area (Å²) in [7, 11) is 0. The number of Topliss-reactive ketones (excluding diaryl/α,β-unsaturated/α-hetero) is 1. The second kappa shape index (κ2) is 19.0. The topological polar surface area (TPSA) is 104 Å². The Bertz CT molecular complexity index is 1080. The number of aliphatic hydroxyl groups is 1. The van der Waals surface area contributed by atoms with E-state index in [-0.39, 0.29) is 0 Å². The van der Waals surface area contributed by atoms with E-state index in [1.165, 1.54) is 25.3 Å². The van der Waals surface area contributed by atoms with E-state index in [4.69, 9.17) is 0 Å². The molecule has 2 rings (SSSR count). The first-order valence-electron chi connectivity index (χ1n) is 15.3. The molecule has 3 N–H and O–H groups in total. The highest BCUT2D eigenvalue weighted by molar-refractivity contribution is 5.90. The van der Waals surface area contributed by atoms with Gasteiger partial charge < -0.3 is 15.5 Å². The van der Waals surface area contributed by atoms with Crippen LogP contribution in [0.5, 0.6) is 0 Å². The van der Waals surface area contributed by atoms with E-state index in [1.807, 2.05) is 42.5 Å². The summed E-state index contributed by atoms with van der Waals surface area (Å²) in [4.78, 5) is 36.6. The van der Waals surface area contributed by atoms with Gasteiger partial charge in [-0.2, -0.15) is 0 Å². The van der Waals surface area contributed by atoms with Crippen LogP contribution in [0.2, 0.25) is 0 Å². The maximum Gasteiger partial charge on any atom is 0.336 e. The molecule has 0 heterocycles. The van der Waals surface area contributed by atoms with Crippen LogP contribution in [0, 0.1) is 5.92 Å². The van der Waals surface area contributed by atoms with Gasteiger partial charge in [-0.3, -0.25) is 9.59 Å². The van der Waals surface area contributed by atoms with Crippen molar-refractivity contribution in [2.45, 2.75) is 103 Å². The molecular formula is C35H49NO5. The van der Waals surface area contributed by atoms with E-state index in [1.54, 1.807) is 6.08 Å². The SMILES string of the molecule is CCCCCCCC(=O)CCCCCCC=C[C@H](C(=O)NCCc1ccc(-c2ccccc2)cc1)[C@](C)(O)C(=O)O. The van der Waals surface area contributed by atoms with Crippen LogP contribution in [0.1, 0.15) is 96.5 Å². The summed E-state index contributed by atoms with van der Waals surface area (Å²) in [5, 5.41) is 22.9. The van der Waals surface area contributed by atoms with E-state index >= 15 is 0 Å². The van der Waals surface area contributed by atoms with Crippen molar-refractivity contribution >= 4 is 17.7 Å². The number of hydrogen-bond acceptors (Lipinski definition) is 4. The Morgan fingerprint density at radius 2 is 1.41 bits per heavy atom. The molecule has 0 spiro atoms. The van der Waals surface area contributed by atoms with Gasteiger partial charge in [0.05, 0.1) is 5.92 Å². The lowest BCUT2D eigenvalue weighted by Crippen LogP contribution is -2.49. The second-order valence-corrected chi connectivity index (χ2v) is 11.1. The van der Waals surface area contributed by atoms with Gasteiger partial charge in [-0.25, -0.2) is 4.79 Å². The third kappa shape index (κ3) is 12.9. The number of carbonyl (C=O) groups is 3. The number of carboxylic acid groups (broad SMARTS) is 1. The molecule has 0 aliphatic rings. The van der Waals surface area contributed by atoms with Gasteiger partial charge >= 0.3 is 5.97 Å². The summed E-state index contributed by atoms with van der Waals surface area (Å²) < 4.78 is 0. The predicted molar refractivity (Wildman–Crippen MR) is 166 cm³/mol. The van der Waals surface area contributed by atoms with Crippen LogP contribution in [-0.4, -0.2) is 40.0 Å². The number of benzene rings is 2. The Balaban J connectivity index is 1.73. The number of carbonyl (C=O) groups excluding carboxylic acids is 2. The molecule has 0 aliphatic heterocycles. The molecule has 0 bridgehead atoms. The smallest absolute Gasteiger partial charge is 0.336 e. The number of carboxylic acids is 1. The first-order chi connectivity index (χ1) is 19.8. The van der Waals surface area contributed by atoms with Crippen LogP contribution in [0.3, 0.4) is 0 Å². The summed E-state index contributed by atoms with van der Waals surface area (Å²) >= 11 is 0. The Morgan fingerprint density at radius 3 is 2.02 bits per heavy atom. The first kappa shape index (κ1) is 34.0. The number of hydrogen-bond donors (Lipinski definition) is 3. The summed E-state index contributed by atoms with van der Waals surface area (Å²) in [6.45, 7) is 3.68. The maximum absolute atomic E-state index is 12.9.